The highest BCUT2D eigenvalue weighted by Gasteiger charge is 2.52. The molecular formula is C25H31N3O3. The Kier molecular flexibility index (Phi) is 5.05. The summed E-state index contributed by atoms with van der Waals surface area (Å²) < 4.78 is 17.9. The molecule has 0 radical (unpaired) electrons. The molecule has 3 heterocycles. The maximum atomic E-state index is 6.80. The van der Waals surface area contributed by atoms with Gasteiger partial charge in [-0.2, -0.15) is 5.10 Å². The number of piperidine rings is 1. The number of ether oxygens (including phenoxy) is 3. The molecule has 1 atom stereocenters. The van der Waals surface area contributed by atoms with Gasteiger partial charge in [0, 0.05) is 49.5 Å². The summed E-state index contributed by atoms with van der Waals surface area (Å²) in [5.74, 6) is 2.53. The Hall–Kier alpha value is -2.73. The lowest BCUT2D eigenvalue weighted by Gasteiger charge is -2.51. The number of hydrogen-bond acceptors (Lipinski definition) is 6. The van der Waals surface area contributed by atoms with Gasteiger partial charge in [0.2, 0.25) is 5.72 Å². The highest BCUT2D eigenvalue weighted by molar-refractivity contribution is 6.02. The molecule has 5 rings (SSSR count). The fourth-order valence-electron chi connectivity index (χ4n) is 5.13. The molecule has 0 aromatic heterocycles. The van der Waals surface area contributed by atoms with Crippen LogP contribution in [0.3, 0.4) is 0 Å². The van der Waals surface area contributed by atoms with Crippen molar-refractivity contribution in [2.45, 2.75) is 50.9 Å². The second-order valence-electron chi connectivity index (χ2n) is 8.90. The first kappa shape index (κ1) is 20.2. The van der Waals surface area contributed by atoms with Crippen molar-refractivity contribution in [3.8, 4) is 17.2 Å². The first-order valence-corrected chi connectivity index (χ1v) is 11.2. The summed E-state index contributed by atoms with van der Waals surface area (Å²) in [5.41, 5.74) is 2.89. The van der Waals surface area contributed by atoms with Gasteiger partial charge in [0.1, 0.15) is 5.75 Å². The minimum atomic E-state index is -0.446. The van der Waals surface area contributed by atoms with E-state index in [2.05, 4.69) is 42.0 Å². The molecular weight excluding hydrogens is 390 g/mol. The van der Waals surface area contributed by atoms with E-state index in [1.165, 1.54) is 0 Å². The topological polar surface area (TPSA) is 46.5 Å². The van der Waals surface area contributed by atoms with Crippen LogP contribution in [-0.2, 0) is 0 Å². The van der Waals surface area contributed by atoms with Crippen molar-refractivity contribution < 1.29 is 14.2 Å². The molecule has 6 nitrogen and oxygen atoms in total. The van der Waals surface area contributed by atoms with Gasteiger partial charge < -0.3 is 19.1 Å². The summed E-state index contributed by atoms with van der Waals surface area (Å²) in [6, 6.07) is 15.0. The van der Waals surface area contributed by atoms with Crippen molar-refractivity contribution >= 4 is 5.71 Å². The number of benzene rings is 2. The number of methoxy groups -OCH3 is 2. The van der Waals surface area contributed by atoms with Crippen molar-refractivity contribution in [2.24, 2.45) is 5.10 Å². The van der Waals surface area contributed by atoms with E-state index in [0.29, 0.717) is 6.04 Å². The van der Waals surface area contributed by atoms with Crippen LogP contribution in [0.15, 0.2) is 47.6 Å². The molecule has 1 saturated heterocycles. The maximum Gasteiger partial charge on any atom is 0.200 e. The fraction of sp³-hybridized carbons (Fsp3) is 0.480. The van der Waals surface area contributed by atoms with E-state index in [-0.39, 0.29) is 6.04 Å². The highest BCUT2D eigenvalue weighted by Crippen LogP contribution is 2.52. The normalized spacial score (nSPS) is 22.0. The quantitative estimate of drug-likeness (QED) is 0.730. The van der Waals surface area contributed by atoms with E-state index < -0.39 is 5.72 Å². The summed E-state index contributed by atoms with van der Waals surface area (Å²) in [6.45, 7) is 6.51. The first-order chi connectivity index (χ1) is 15.0. The van der Waals surface area contributed by atoms with Crippen molar-refractivity contribution in [1.82, 2.24) is 9.91 Å². The summed E-state index contributed by atoms with van der Waals surface area (Å²) >= 11 is 0. The van der Waals surface area contributed by atoms with Crippen LogP contribution in [0.2, 0.25) is 0 Å². The third-order valence-electron chi connectivity index (χ3n) is 6.92. The predicted octanol–water partition coefficient (Wildman–Crippen LogP) is 4.45. The molecule has 2 aromatic rings. The zero-order chi connectivity index (χ0) is 21.6. The molecule has 3 aliphatic heterocycles. The van der Waals surface area contributed by atoms with Gasteiger partial charge in [0.25, 0.3) is 0 Å². The highest BCUT2D eigenvalue weighted by atomic mass is 16.5. The van der Waals surface area contributed by atoms with Crippen molar-refractivity contribution in [3.05, 3.63) is 53.6 Å². The number of rotatable bonds is 4. The molecule has 3 aliphatic rings. The summed E-state index contributed by atoms with van der Waals surface area (Å²) in [7, 11) is 3.42. The Labute approximate surface area is 184 Å². The van der Waals surface area contributed by atoms with E-state index in [1.807, 2.05) is 24.3 Å². The van der Waals surface area contributed by atoms with Crippen LogP contribution < -0.4 is 14.2 Å². The Morgan fingerprint density at radius 2 is 1.84 bits per heavy atom. The number of para-hydroxylation sites is 1. The lowest BCUT2D eigenvalue weighted by molar-refractivity contribution is -0.153. The Morgan fingerprint density at radius 3 is 2.55 bits per heavy atom. The number of likely N-dealkylation sites (tertiary alicyclic amines) is 1. The number of fused-ring (bicyclic) bond motifs is 4. The first-order valence-electron chi connectivity index (χ1n) is 11.2. The smallest absolute Gasteiger partial charge is 0.200 e. The van der Waals surface area contributed by atoms with E-state index in [4.69, 9.17) is 19.3 Å². The van der Waals surface area contributed by atoms with Crippen LogP contribution in [0.4, 0.5) is 0 Å². The molecule has 31 heavy (non-hydrogen) atoms. The SMILES string of the molecule is COc1cccc(C2=NN3[C@@H](C2)c2cccc(OC)c2OC32CCN(C(C)C)CC2)c1. The third-order valence-corrected chi connectivity index (χ3v) is 6.92. The number of hydrazone groups is 1. The van der Waals surface area contributed by atoms with Crippen molar-refractivity contribution in [3.63, 3.8) is 0 Å². The molecule has 0 N–H and O–H groups in total. The minimum Gasteiger partial charge on any atom is -0.497 e. The second kappa shape index (κ2) is 7.75. The standard InChI is InChI=1S/C25H31N3O3/c1-17(2)27-13-11-25(12-14-27)28-22(20-9-6-10-23(30-4)24(20)31-25)16-21(26-28)18-7-5-8-19(15-18)29-3/h5-10,15,17,22H,11-14,16H2,1-4H3/t22-/m0/s1. The van der Waals surface area contributed by atoms with Crippen molar-refractivity contribution in [2.75, 3.05) is 27.3 Å². The minimum absolute atomic E-state index is 0.144. The molecule has 164 valence electrons. The Morgan fingerprint density at radius 1 is 1.06 bits per heavy atom. The monoisotopic (exact) mass is 421 g/mol. The number of hydrogen-bond donors (Lipinski definition) is 0. The lowest BCUT2D eigenvalue weighted by Crippen LogP contribution is -2.59. The van der Waals surface area contributed by atoms with Gasteiger partial charge in [-0.1, -0.05) is 24.3 Å². The van der Waals surface area contributed by atoms with E-state index >= 15 is 0 Å². The van der Waals surface area contributed by atoms with Gasteiger partial charge in [-0.3, -0.25) is 0 Å². The molecule has 0 aliphatic carbocycles. The zero-order valence-corrected chi connectivity index (χ0v) is 18.8. The van der Waals surface area contributed by atoms with Gasteiger partial charge in [-0.15, -0.1) is 0 Å². The second-order valence-corrected chi connectivity index (χ2v) is 8.90. The van der Waals surface area contributed by atoms with Crippen molar-refractivity contribution in [1.29, 1.82) is 0 Å². The molecule has 0 saturated carbocycles. The van der Waals surface area contributed by atoms with Crippen LogP contribution in [0.25, 0.3) is 0 Å². The van der Waals surface area contributed by atoms with E-state index in [1.54, 1.807) is 14.2 Å². The number of nitrogens with zero attached hydrogens (tertiary/aromatic N) is 3. The van der Waals surface area contributed by atoms with Crippen LogP contribution >= 0.6 is 0 Å². The van der Waals surface area contributed by atoms with Crippen LogP contribution in [0.1, 0.15) is 50.3 Å². The third kappa shape index (κ3) is 3.33. The fourth-order valence-corrected chi connectivity index (χ4v) is 5.13. The van der Waals surface area contributed by atoms with Crippen LogP contribution in [0, 0.1) is 0 Å². The predicted molar refractivity (Wildman–Crippen MR) is 121 cm³/mol. The lowest BCUT2D eigenvalue weighted by atomic mass is 9.90. The van der Waals surface area contributed by atoms with Gasteiger partial charge >= 0.3 is 0 Å². The molecule has 2 aromatic carbocycles. The molecule has 1 spiro atoms. The maximum absolute atomic E-state index is 6.80. The largest absolute Gasteiger partial charge is 0.497 e. The average Bonchev–Trinajstić information content (AvgIpc) is 3.26. The van der Waals surface area contributed by atoms with E-state index in [9.17, 15) is 0 Å². The molecule has 0 bridgehead atoms. The van der Waals surface area contributed by atoms with Crippen LogP contribution in [0.5, 0.6) is 17.2 Å². The van der Waals surface area contributed by atoms with E-state index in [0.717, 1.165) is 66.4 Å². The molecule has 0 unspecified atom stereocenters. The van der Waals surface area contributed by atoms with Crippen LogP contribution in [-0.4, -0.2) is 54.7 Å². The Balaban J connectivity index is 1.56. The van der Waals surface area contributed by atoms with Gasteiger partial charge in [-0.25, -0.2) is 5.01 Å². The average molecular weight is 422 g/mol. The van der Waals surface area contributed by atoms with Gasteiger partial charge in [0.05, 0.1) is 26.0 Å². The van der Waals surface area contributed by atoms with Gasteiger partial charge in [0.15, 0.2) is 11.5 Å². The zero-order valence-electron chi connectivity index (χ0n) is 18.8. The summed E-state index contributed by atoms with van der Waals surface area (Å²) in [5, 5.41) is 7.42. The summed E-state index contributed by atoms with van der Waals surface area (Å²) in [6.07, 6.45) is 2.66. The molecule has 1 fully saturated rings. The Bertz CT molecular complexity index is 995. The molecule has 0 amide bonds. The summed E-state index contributed by atoms with van der Waals surface area (Å²) in [4.78, 5) is 2.52. The van der Waals surface area contributed by atoms with Gasteiger partial charge in [-0.05, 0) is 32.0 Å². The molecule has 6 heteroatoms.